The van der Waals surface area contributed by atoms with Gasteiger partial charge in [-0.1, -0.05) is 224 Å². The van der Waals surface area contributed by atoms with Crippen molar-refractivity contribution in [1.29, 1.82) is 0 Å². The second kappa shape index (κ2) is 21.6. The predicted octanol–water partition coefficient (Wildman–Crippen LogP) is 18.7. The Balaban J connectivity index is 1.13. The van der Waals surface area contributed by atoms with Crippen LogP contribution in [0, 0.1) is 0 Å². The van der Waals surface area contributed by atoms with Crippen molar-refractivity contribution in [3.05, 3.63) is 264 Å². The van der Waals surface area contributed by atoms with Crippen LogP contribution in [0.4, 0.5) is 0 Å². The molecule has 1 fully saturated rings. The van der Waals surface area contributed by atoms with Gasteiger partial charge in [-0.15, -0.1) is 0 Å². The Hall–Kier alpha value is -7.66. The van der Waals surface area contributed by atoms with Crippen molar-refractivity contribution in [3.63, 3.8) is 0 Å². The smallest absolute Gasteiger partial charge is 0.497 e. The monoisotopic (exact) mass is 1070 g/mol. The first-order chi connectivity index (χ1) is 37.8. The maximum atomic E-state index is 8.00. The summed E-state index contributed by atoms with van der Waals surface area (Å²) in [5.74, 6) is 3.71. The number of rotatable bonds is 15. The Bertz CT molecular complexity index is 3460. The highest BCUT2D eigenvalue weighted by molar-refractivity contribution is 7.48. The highest BCUT2D eigenvalue weighted by Gasteiger charge is 2.65. The molecular weight excluding hydrogens is 1000 g/mol. The first-order valence-electron chi connectivity index (χ1n) is 26.4. The maximum Gasteiger partial charge on any atom is 0.530 e. The maximum absolute atomic E-state index is 8.00. The third-order valence-corrected chi connectivity index (χ3v) is 17.4. The second-order valence-corrected chi connectivity index (χ2v) is 24.2. The molecule has 1 aliphatic heterocycles. The van der Waals surface area contributed by atoms with Gasteiger partial charge in [-0.3, -0.25) is 0 Å². The number of fused-ring (bicyclic) bond motifs is 2. The molecule has 10 aromatic carbocycles. The number of hydrogen-bond donors (Lipinski definition) is 0. The van der Waals surface area contributed by atoms with E-state index in [0.29, 0.717) is 46.2 Å². The quantitative estimate of drug-likeness (QED) is 0.0948. The van der Waals surface area contributed by atoms with Gasteiger partial charge in [0.1, 0.15) is 40.1 Å². The third-order valence-electron chi connectivity index (χ3n) is 14.8. The van der Waals surface area contributed by atoms with Gasteiger partial charge in [-0.05, 0) is 103 Å². The van der Waals surface area contributed by atoms with Gasteiger partial charge in [-0.25, -0.2) is 0 Å². The molecule has 0 radical (unpaired) electrons. The molecule has 78 heavy (non-hydrogen) atoms. The van der Waals surface area contributed by atoms with E-state index in [2.05, 4.69) is 211 Å². The van der Waals surface area contributed by atoms with E-state index < -0.39 is 38.8 Å². The number of benzene rings is 10. The van der Waals surface area contributed by atoms with Gasteiger partial charge in [-0.2, -0.15) is 0 Å². The summed E-state index contributed by atoms with van der Waals surface area (Å²) in [6, 6.07) is 79.7. The summed E-state index contributed by atoms with van der Waals surface area (Å²) in [5.41, 5.74) is 4.75. The summed E-state index contributed by atoms with van der Waals surface area (Å²) in [6.45, 7) is 13.1. The molecule has 7 nitrogen and oxygen atoms in total. The van der Waals surface area contributed by atoms with Crippen LogP contribution in [0.5, 0.6) is 34.5 Å². The minimum absolute atomic E-state index is 0.461. The Labute approximate surface area is 461 Å². The summed E-state index contributed by atoms with van der Waals surface area (Å²) in [5, 5.41) is 4.26. The van der Waals surface area contributed by atoms with Crippen LogP contribution in [0.25, 0.3) is 32.7 Å². The molecule has 0 amide bonds. The van der Waals surface area contributed by atoms with Crippen molar-refractivity contribution < 1.29 is 32.1 Å². The lowest BCUT2D eigenvalue weighted by molar-refractivity contribution is 0.0848. The molecule has 11 rings (SSSR count). The van der Waals surface area contributed by atoms with Crippen LogP contribution < -0.4 is 27.6 Å². The molecule has 392 valence electrons. The molecule has 0 N–H and O–H groups in total. The zero-order valence-electron chi connectivity index (χ0n) is 45.4. The minimum Gasteiger partial charge on any atom is -0.497 e. The van der Waals surface area contributed by atoms with Gasteiger partial charge in [0.2, 0.25) is 8.38 Å². The van der Waals surface area contributed by atoms with Gasteiger partial charge in [0.15, 0.2) is 0 Å². The van der Waals surface area contributed by atoms with E-state index in [1.165, 1.54) is 0 Å². The Morgan fingerprint density at radius 3 is 1.21 bits per heavy atom. The molecule has 0 spiro atoms. The standard InChI is InChI=1S/C69H64O7P2/c1-66(2,3)62-45-58(70-7)43-60(64(62)74-77-47-68(52-29-13-9-14-30-52,53-31-15-10-16-32-53)69(76-77,54-33-17-11-18-34-54)55-35-19-12-20-36-55)61-44-59(71-8)46-63(67(4,5)6)65(61)75-78(72-56-39-37-48-25-21-23-27-50(48)41-56)73-57-40-38-49-26-22-24-28-51(49)42-57/h9-46H,47H2,1-8H3. The van der Waals surface area contributed by atoms with Gasteiger partial charge < -0.3 is 32.1 Å². The Morgan fingerprint density at radius 1 is 0.397 bits per heavy atom. The average Bonchev–Trinajstić information content (AvgIpc) is 3.19. The van der Waals surface area contributed by atoms with Gasteiger partial charge in [0, 0.05) is 28.4 Å². The lowest BCUT2D eigenvalue weighted by Gasteiger charge is -2.45. The minimum atomic E-state index is -2.21. The summed E-state index contributed by atoms with van der Waals surface area (Å²) in [6.07, 6.45) is 0.508. The second-order valence-electron chi connectivity index (χ2n) is 21.8. The molecule has 0 aromatic heterocycles. The van der Waals surface area contributed by atoms with Crippen molar-refractivity contribution >= 4 is 38.5 Å². The molecular formula is C69H64O7P2. The molecule has 1 unspecified atom stereocenters. The average molecular weight is 1070 g/mol. The normalized spacial score (nSPS) is 15.0. The molecule has 1 heterocycles. The van der Waals surface area contributed by atoms with Crippen molar-refractivity contribution in [3.8, 4) is 45.6 Å². The Kier molecular flexibility index (Phi) is 14.5. The van der Waals surface area contributed by atoms with Gasteiger partial charge >= 0.3 is 8.60 Å². The summed E-state index contributed by atoms with van der Waals surface area (Å²) in [7, 11) is -0.606. The van der Waals surface area contributed by atoms with E-state index >= 15 is 0 Å². The van der Waals surface area contributed by atoms with Crippen molar-refractivity contribution in [2.75, 3.05) is 20.4 Å². The summed E-state index contributed by atoms with van der Waals surface area (Å²) >= 11 is 0. The summed E-state index contributed by atoms with van der Waals surface area (Å²) < 4.78 is 49.7. The van der Waals surface area contributed by atoms with Crippen LogP contribution in [0.2, 0.25) is 0 Å². The summed E-state index contributed by atoms with van der Waals surface area (Å²) in [4.78, 5) is 0. The molecule has 10 aromatic rings. The zero-order valence-corrected chi connectivity index (χ0v) is 47.2. The van der Waals surface area contributed by atoms with Gasteiger partial charge in [0.05, 0.1) is 19.6 Å². The number of ether oxygens (including phenoxy) is 2. The topological polar surface area (TPSA) is 64.6 Å². The highest BCUT2D eigenvalue weighted by Crippen LogP contribution is 2.70. The zero-order chi connectivity index (χ0) is 54.1. The van der Waals surface area contributed by atoms with Crippen LogP contribution in [0.15, 0.2) is 231 Å². The molecule has 9 heteroatoms. The lowest BCUT2D eigenvalue weighted by atomic mass is 9.59. The van der Waals surface area contributed by atoms with Crippen molar-refractivity contribution in [1.82, 2.24) is 0 Å². The van der Waals surface area contributed by atoms with Crippen molar-refractivity contribution in [2.24, 2.45) is 0 Å². The largest absolute Gasteiger partial charge is 0.530 e. The van der Waals surface area contributed by atoms with E-state index in [1.54, 1.807) is 14.2 Å². The van der Waals surface area contributed by atoms with Gasteiger partial charge in [0.25, 0.3) is 0 Å². The van der Waals surface area contributed by atoms with Crippen LogP contribution in [0.1, 0.15) is 74.9 Å². The van der Waals surface area contributed by atoms with Crippen LogP contribution >= 0.6 is 17.0 Å². The Morgan fingerprint density at radius 2 is 0.782 bits per heavy atom. The molecule has 0 bridgehead atoms. The van der Waals surface area contributed by atoms with E-state index in [1.807, 2.05) is 60.7 Å². The van der Waals surface area contributed by atoms with E-state index in [0.717, 1.165) is 60.5 Å². The predicted molar refractivity (Wildman–Crippen MR) is 320 cm³/mol. The fourth-order valence-corrected chi connectivity index (χ4v) is 14.2. The van der Waals surface area contributed by atoms with Crippen LogP contribution in [-0.4, -0.2) is 20.4 Å². The number of hydrogen-bond acceptors (Lipinski definition) is 7. The third kappa shape index (κ3) is 10.1. The van der Waals surface area contributed by atoms with Crippen LogP contribution in [-0.2, 0) is 26.4 Å². The van der Waals surface area contributed by atoms with E-state index in [9.17, 15) is 0 Å². The highest BCUT2D eigenvalue weighted by atomic mass is 31.2. The molecule has 0 aliphatic carbocycles. The first-order valence-corrected chi connectivity index (χ1v) is 28.9. The molecule has 0 saturated carbocycles. The lowest BCUT2D eigenvalue weighted by Crippen LogP contribution is -2.49. The van der Waals surface area contributed by atoms with E-state index in [4.69, 9.17) is 32.1 Å². The van der Waals surface area contributed by atoms with Crippen LogP contribution in [0.3, 0.4) is 0 Å². The SMILES string of the molecule is COc1cc(-c2cc(OC)cc(C(C)(C)C)c2OP(Oc2ccc3ccccc3c2)Oc2ccc3ccccc3c2)c(OP2CC(c3ccccc3)(c3ccccc3)C(c3ccccc3)(c3ccccc3)O2)c(C(C)(C)C)c1. The molecule has 1 atom stereocenters. The fourth-order valence-electron chi connectivity index (χ4n) is 10.9. The first kappa shape index (κ1) is 52.4. The van der Waals surface area contributed by atoms with E-state index in [-0.39, 0.29) is 0 Å². The van der Waals surface area contributed by atoms with Crippen molar-refractivity contribution in [2.45, 2.75) is 63.4 Å². The number of methoxy groups -OCH3 is 2. The molecule has 1 aliphatic rings. The fraction of sp³-hybridized carbons (Fsp3) is 0.188. The molecule has 1 saturated heterocycles.